The summed E-state index contributed by atoms with van der Waals surface area (Å²) in [5.74, 6) is 0. The van der Waals surface area contributed by atoms with Crippen LogP contribution in [-0.2, 0) is 4.57 Å². The van der Waals surface area contributed by atoms with E-state index in [1.54, 1.807) is 13.3 Å². The highest BCUT2D eigenvalue weighted by molar-refractivity contribution is 7.79. The van der Waals surface area contributed by atoms with E-state index in [1.807, 2.05) is 27.7 Å². The third-order valence-corrected chi connectivity index (χ3v) is 4.90. The number of benzene rings is 1. The van der Waals surface area contributed by atoms with Gasteiger partial charge in [-0.3, -0.25) is 4.79 Å². The van der Waals surface area contributed by atoms with E-state index in [0.29, 0.717) is 5.56 Å². The van der Waals surface area contributed by atoms with Gasteiger partial charge in [-0.15, -0.1) is 0 Å². The minimum atomic E-state index is -2.73. The maximum Gasteiger partial charge on any atom is 0.221 e. The zero-order chi connectivity index (χ0) is 13.5. The van der Waals surface area contributed by atoms with E-state index >= 15 is 0 Å². The van der Waals surface area contributed by atoms with Gasteiger partial charge in [-0.25, -0.2) is 0 Å². The average molecular weight is 252 g/mol. The molecule has 1 aromatic rings. The molecule has 0 saturated carbocycles. The SMILES string of the molecule is Cc1c(C)c(C)c(C(=O)P(C)(C)=O)c(C)c1C. The van der Waals surface area contributed by atoms with Crippen molar-refractivity contribution < 1.29 is 9.36 Å². The lowest BCUT2D eigenvalue weighted by Crippen LogP contribution is -2.09. The molecule has 0 saturated heterocycles. The highest BCUT2D eigenvalue weighted by Gasteiger charge is 2.26. The second-order valence-electron chi connectivity index (χ2n) is 5.16. The molecular formula is C14H21O2P. The Kier molecular flexibility index (Phi) is 3.69. The van der Waals surface area contributed by atoms with E-state index in [-0.39, 0.29) is 5.52 Å². The Morgan fingerprint density at radius 3 is 1.35 bits per heavy atom. The third-order valence-electron chi connectivity index (χ3n) is 3.70. The Hall–Kier alpha value is -0.880. The van der Waals surface area contributed by atoms with Crippen molar-refractivity contribution >= 4 is 12.7 Å². The van der Waals surface area contributed by atoms with Crippen LogP contribution in [0.2, 0.25) is 0 Å². The van der Waals surface area contributed by atoms with E-state index < -0.39 is 7.14 Å². The fourth-order valence-corrected chi connectivity index (χ4v) is 2.96. The molecule has 0 amide bonds. The molecule has 1 aromatic carbocycles. The van der Waals surface area contributed by atoms with Gasteiger partial charge >= 0.3 is 0 Å². The van der Waals surface area contributed by atoms with Crippen molar-refractivity contribution in [2.24, 2.45) is 0 Å². The molecule has 0 bridgehead atoms. The molecule has 0 aliphatic rings. The molecule has 0 N–H and O–H groups in total. The highest BCUT2D eigenvalue weighted by Crippen LogP contribution is 2.43. The smallest absolute Gasteiger partial charge is 0.221 e. The van der Waals surface area contributed by atoms with Gasteiger partial charge in [0.15, 0.2) is 0 Å². The number of carbonyl (C=O) groups excluding carboxylic acids is 1. The van der Waals surface area contributed by atoms with Gasteiger partial charge < -0.3 is 4.57 Å². The van der Waals surface area contributed by atoms with Gasteiger partial charge in [0, 0.05) is 5.56 Å². The van der Waals surface area contributed by atoms with Crippen LogP contribution in [0.15, 0.2) is 0 Å². The normalized spacial score (nSPS) is 11.7. The van der Waals surface area contributed by atoms with E-state index in [0.717, 1.165) is 22.3 Å². The van der Waals surface area contributed by atoms with Gasteiger partial charge in [0.2, 0.25) is 5.52 Å². The Morgan fingerprint density at radius 1 is 0.765 bits per heavy atom. The summed E-state index contributed by atoms with van der Waals surface area (Å²) < 4.78 is 12.0. The summed E-state index contributed by atoms with van der Waals surface area (Å²) in [5, 5.41) is 0. The van der Waals surface area contributed by atoms with Crippen molar-refractivity contribution in [1.29, 1.82) is 0 Å². The molecule has 0 atom stereocenters. The molecule has 1 rings (SSSR count). The summed E-state index contributed by atoms with van der Waals surface area (Å²) >= 11 is 0. The zero-order valence-corrected chi connectivity index (χ0v) is 12.7. The molecule has 17 heavy (non-hydrogen) atoms. The monoisotopic (exact) mass is 252 g/mol. The zero-order valence-electron chi connectivity index (χ0n) is 11.8. The van der Waals surface area contributed by atoms with Gasteiger partial charge in [0.05, 0.1) is 0 Å². The van der Waals surface area contributed by atoms with Gasteiger partial charge in [-0.05, 0) is 75.8 Å². The van der Waals surface area contributed by atoms with Crippen LogP contribution in [0.25, 0.3) is 0 Å². The maximum absolute atomic E-state index is 12.3. The standard InChI is InChI=1S/C14H21O2P/c1-8-9(2)11(4)13(12(5)10(8)3)14(15)17(6,7)16/h1-7H3. The predicted octanol–water partition coefficient (Wildman–Crippen LogP) is 3.99. The number of hydrogen-bond acceptors (Lipinski definition) is 2. The van der Waals surface area contributed by atoms with Gasteiger partial charge in [-0.1, -0.05) is 0 Å². The molecule has 0 unspecified atom stereocenters. The Bertz CT molecular complexity index is 507. The fraction of sp³-hybridized carbons (Fsp3) is 0.500. The molecule has 0 spiro atoms. The molecule has 94 valence electrons. The lowest BCUT2D eigenvalue weighted by atomic mass is 9.90. The summed E-state index contributed by atoms with van der Waals surface area (Å²) in [7, 11) is -2.73. The van der Waals surface area contributed by atoms with Crippen molar-refractivity contribution in [3.05, 3.63) is 33.4 Å². The number of rotatable bonds is 2. The summed E-state index contributed by atoms with van der Waals surface area (Å²) in [6, 6.07) is 0. The predicted molar refractivity (Wildman–Crippen MR) is 73.9 cm³/mol. The molecule has 0 fully saturated rings. The van der Waals surface area contributed by atoms with Gasteiger partial charge in [0.1, 0.15) is 7.14 Å². The summed E-state index contributed by atoms with van der Waals surface area (Å²) in [4.78, 5) is 12.3. The van der Waals surface area contributed by atoms with Gasteiger partial charge in [0.25, 0.3) is 0 Å². The topological polar surface area (TPSA) is 34.1 Å². The van der Waals surface area contributed by atoms with Crippen LogP contribution < -0.4 is 0 Å². The lowest BCUT2D eigenvalue weighted by Gasteiger charge is -2.19. The van der Waals surface area contributed by atoms with Crippen LogP contribution in [-0.4, -0.2) is 18.9 Å². The average Bonchev–Trinajstić information content (AvgIpc) is 2.22. The third kappa shape index (κ3) is 2.37. The second kappa shape index (κ2) is 4.42. The minimum absolute atomic E-state index is 0.196. The Labute approximate surface area is 104 Å². The Morgan fingerprint density at radius 2 is 1.06 bits per heavy atom. The molecule has 0 aromatic heterocycles. The van der Waals surface area contributed by atoms with E-state index in [4.69, 9.17) is 0 Å². The first-order chi connectivity index (χ1) is 7.59. The molecular weight excluding hydrogens is 231 g/mol. The summed E-state index contributed by atoms with van der Waals surface area (Å²) in [6.45, 7) is 13.1. The summed E-state index contributed by atoms with van der Waals surface area (Å²) in [6.07, 6.45) is 0. The van der Waals surface area contributed by atoms with Crippen molar-refractivity contribution in [3.63, 3.8) is 0 Å². The van der Waals surface area contributed by atoms with Crippen LogP contribution in [0.4, 0.5) is 0 Å². The van der Waals surface area contributed by atoms with Crippen LogP contribution in [0.3, 0.4) is 0 Å². The minimum Gasteiger partial charge on any atom is -0.316 e. The highest BCUT2D eigenvalue weighted by atomic mass is 31.2. The molecule has 0 aliphatic heterocycles. The van der Waals surface area contributed by atoms with Crippen LogP contribution in [0, 0.1) is 34.6 Å². The molecule has 0 heterocycles. The largest absolute Gasteiger partial charge is 0.316 e. The van der Waals surface area contributed by atoms with E-state index in [2.05, 4.69) is 6.92 Å². The first-order valence-corrected chi connectivity index (χ1v) is 8.36. The van der Waals surface area contributed by atoms with E-state index in [9.17, 15) is 9.36 Å². The maximum atomic E-state index is 12.3. The Balaban J connectivity index is 3.67. The molecule has 2 nitrogen and oxygen atoms in total. The van der Waals surface area contributed by atoms with Crippen molar-refractivity contribution in [2.75, 3.05) is 13.3 Å². The van der Waals surface area contributed by atoms with Crippen LogP contribution in [0.1, 0.15) is 38.2 Å². The number of hydrogen-bond donors (Lipinski definition) is 0. The van der Waals surface area contributed by atoms with Crippen LogP contribution >= 0.6 is 7.14 Å². The number of carbonyl (C=O) groups is 1. The molecule has 3 heteroatoms. The molecule has 0 radical (unpaired) electrons. The van der Waals surface area contributed by atoms with Crippen molar-refractivity contribution in [3.8, 4) is 0 Å². The van der Waals surface area contributed by atoms with Crippen molar-refractivity contribution in [1.82, 2.24) is 0 Å². The summed E-state index contributed by atoms with van der Waals surface area (Å²) in [5.41, 5.74) is 5.89. The first-order valence-electron chi connectivity index (χ1n) is 5.75. The lowest BCUT2D eigenvalue weighted by molar-refractivity contribution is 0.107. The fourth-order valence-electron chi connectivity index (χ4n) is 2.09. The quantitative estimate of drug-likeness (QED) is 0.746. The van der Waals surface area contributed by atoms with E-state index in [1.165, 1.54) is 5.56 Å². The molecule has 0 aliphatic carbocycles. The van der Waals surface area contributed by atoms with Crippen LogP contribution in [0.5, 0.6) is 0 Å². The van der Waals surface area contributed by atoms with Gasteiger partial charge in [-0.2, -0.15) is 0 Å². The van der Waals surface area contributed by atoms with Crippen molar-refractivity contribution in [2.45, 2.75) is 34.6 Å². The first kappa shape index (κ1) is 14.2. The second-order valence-corrected chi connectivity index (χ2v) is 8.26.